The van der Waals surface area contributed by atoms with Crippen LogP contribution in [0.3, 0.4) is 0 Å². The Hall–Kier alpha value is -4.53. The van der Waals surface area contributed by atoms with Crippen molar-refractivity contribution in [1.29, 1.82) is 0 Å². The van der Waals surface area contributed by atoms with Crippen LogP contribution < -0.4 is 9.80 Å². The third-order valence-electron chi connectivity index (χ3n) is 10.3. The van der Waals surface area contributed by atoms with Gasteiger partial charge in [0.05, 0.1) is 30.1 Å². The molecule has 236 valence electrons. The van der Waals surface area contributed by atoms with Crippen molar-refractivity contribution in [1.82, 2.24) is 4.90 Å². The lowest BCUT2D eigenvalue weighted by Gasteiger charge is -2.41. The molecule has 0 saturated carbocycles. The van der Waals surface area contributed by atoms with E-state index in [1.165, 1.54) is 4.90 Å². The second-order valence-corrected chi connectivity index (χ2v) is 12.8. The number of aliphatic hydroxyl groups is 1. The highest BCUT2D eigenvalue weighted by atomic mass is 16.5. The number of aryl methyl sites for hydroxylation is 2. The van der Waals surface area contributed by atoms with E-state index in [-0.39, 0.29) is 24.3 Å². The Bertz CT molecular complexity index is 1740. The summed E-state index contributed by atoms with van der Waals surface area (Å²) in [4.78, 5) is 49.9. The minimum Gasteiger partial charge on any atom is -0.394 e. The number of hydrogen-bond acceptors (Lipinski definition) is 5. The second-order valence-electron chi connectivity index (χ2n) is 12.8. The molecule has 8 heteroatoms. The third kappa shape index (κ3) is 4.38. The van der Waals surface area contributed by atoms with Crippen LogP contribution in [0.2, 0.25) is 0 Å². The van der Waals surface area contributed by atoms with Crippen LogP contribution in [-0.2, 0) is 19.1 Å². The van der Waals surface area contributed by atoms with Gasteiger partial charge < -0.3 is 24.5 Å². The maximum atomic E-state index is 15.1. The third-order valence-corrected chi connectivity index (χ3v) is 10.3. The molecule has 1 unspecified atom stereocenters. The standard InChI is InChI=1S/C38H39N3O5/c1-4-37-19-11-21-39(28-15-9-6-10-16-28)34(43)31(37)32-35(44)41(30(24-42)27-13-7-5-8-14-27)33-36(45)40(22-12-20-38(32,33)46-37)29-23-25(2)17-18-26(29)3/h5-20,23,30-33,42H,4,21-22,24H2,1-3H3/t30-,31+,32+,33?,37-,38+/m1/s1. The molecule has 7 rings (SSSR count). The maximum absolute atomic E-state index is 15.1. The first kappa shape index (κ1) is 30.1. The number of para-hydroxylation sites is 1. The van der Waals surface area contributed by atoms with E-state index in [0.717, 1.165) is 22.5 Å². The highest BCUT2D eigenvalue weighted by molar-refractivity contribution is 6.08. The van der Waals surface area contributed by atoms with E-state index in [9.17, 15) is 9.90 Å². The number of rotatable bonds is 6. The number of fused-ring (bicyclic) bond motifs is 2. The van der Waals surface area contributed by atoms with Crippen LogP contribution in [0.5, 0.6) is 0 Å². The van der Waals surface area contributed by atoms with Crippen LogP contribution in [0, 0.1) is 25.7 Å². The number of ether oxygens (including phenoxy) is 1. The molecule has 3 aromatic carbocycles. The van der Waals surface area contributed by atoms with Crippen molar-refractivity contribution >= 4 is 29.1 Å². The molecular weight excluding hydrogens is 578 g/mol. The largest absolute Gasteiger partial charge is 0.394 e. The van der Waals surface area contributed by atoms with Gasteiger partial charge in [-0.25, -0.2) is 0 Å². The molecule has 1 spiro atoms. The van der Waals surface area contributed by atoms with Crippen LogP contribution in [-0.4, -0.2) is 64.7 Å². The first-order valence-electron chi connectivity index (χ1n) is 16.0. The van der Waals surface area contributed by atoms with E-state index in [4.69, 9.17) is 4.74 Å². The molecular formula is C38H39N3O5. The van der Waals surface area contributed by atoms with E-state index >= 15 is 9.59 Å². The molecule has 0 bridgehead atoms. The summed E-state index contributed by atoms with van der Waals surface area (Å²) < 4.78 is 7.16. The van der Waals surface area contributed by atoms with Crippen molar-refractivity contribution in [2.45, 2.75) is 50.5 Å². The number of anilines is 2. The molecule has 0 radical (unpaired) electrons. The zero-order valence-electron chi connectivity index (χ0n) is 26.4. The Balaban J connectivity index is 1.43. The topological polar surface area (TPSA) is 90.4 Å². The molecule has 0 aliphatic carbocycles. The van der Waals surface area contributed by atoms with Gasteiger partial charge in [-0.1, -0.05) is 91.9 Å². The Morgan fingerprint density at radius 2 is 1.50 bits per heavy atom. The minimum atomic E-state index is -1.44. The fourth-order valence-electron chi connectivity index (χ4n) is 8.13. The van der Waals surface area contributed by atoms with Crippen molar-refractivity contribution < 1.29 is 24.2 Å². The van der Waals surface area contributed by atoms with E-state index < -0.39 is 41.7 Å². The monoisotopic (exact) mass is 617 g/mol. The van der Waals surface area contributed by atoms with E-state index in [0.29, 0.717) is 18.5 Å². The number of likely N-dealkylation sites (tertiary alicyclic amines) is 1. The lowest BCUT2D eigenvalue weighted by molar-refractivity contribution is -0.149. The summed E-state index contributed by atoms with van der Waals surface area (Å²) in [6, 6.07) is 22.7. The van der Waals surface area contributed by atoms with Gasteiger partial charge in [-0.2, -0.15) is 0 Å². The van der Waals surface area contributed by atoms with Gasteiger partial charge in [-0.3, -0.25) is 14.4 Å². The zero-order chi connectivity index (χ0) is 32.2. The minimum absolute atomic E-state index is 0.217. The fourth-order valence-corrected chi connectivity index (χ4v) is 8.13. The lowest BCUT2D eigenvalue weighted by atomic mass is 9.73. The fraction of sp³-hybridized carbons (Fsp3) is 0.342. The number of nitrogens with zero attached hydrogens (tertiary/aromatic N) is 3. The normalized spacial score (nSPS) is 29.3. The SMILES string of the molecule is CC[C@@]12C=CCN(c3ccccc3)C(=O)[C@@H]1[C@H]1C(=O)N([C@H](CO)c3ccccc3)C3C(=O)N(c4cc(C)ccc4C)CC=C[C@@]31O2. The Morgan fingerprint density at radius 1 is 0.826 bits per heavy atom. The summed E-state index contributed by atoms with van der Waals surface area (Å²) in [6.07, 6.45) is 8.08. The summed E-state index contributed by atoms with van der Waals surface area (Å²) >= 11 is 0. The highest BCUT2D eigenvalue weighted by Crippen LogP contribution is 2.60. The van der Waals surface area contributed by atoms with Gasteiger partial charge in [0.1, 0.15) is 11.6 Å². The van der Waals surface area contributed by atoms with Crippen LogP contribution >= 0.6 is 0 Å². The van der Waals surface area contributed by atoms with Crippen LogP contribution in [0.15, 0.2) is 103 Å². The van der Waals surface area contributed by atoms with E-state index in [1.807, 2.05) is 124 Å². The molecule has 2 fully saturated rings. The number of amides is 3. The molecule has 0 aromatic heterocycles. The number of hydrogen-bond donors (Lipinski definition) is 1. The van der Waals surface area contributed by atoms with Crippen molar-refractivity contribution in [3.05, 3.63) is 120 Å². The summed E-state index contributed by atoms with van der Waals surface area (Å²) in [5.41, 5.74) is 1.58. The first-order valence-corrected chi connectivity index (χ1v) is 16.0. The molecule has 6 atom stereocenters. The van der Waals surface area contributed by atoms with Crippen molar-refractivity contribution in [2.75, 3.05) is 29.5 Å². The Morgan fingerprint density at radius 3 is 2.20 bits per heavy atom. The molecule has 2 saturated heterocycles. The molecule has 4 heterocycles. The number of aliphatic hydroxyl groups excluding tert-OH is 1. The summed E-state index contributed by atoms with van der Waals surface area (Å²) in [5.74, 6) is -2.77. The Kier molecular flexibility index (Phi) is 7.45. The zero-order valence-corrected chi connectivity index (χ0v) is 26.4. The van der Waals surface area contributed by atoms with Gasteiger partial charge in [-0.05, 0) is 55.2 Å². The van der Waals surface area contributed by atoms with Crippen LogP contribution in [0.25, 0.3) is 0 Å². The van der Waals surface area contributed by atoms with Crippen LogP contribution in [0.1, 0.15) is 36.1 Å². The van der Waals surface area contributed by atoms with Gasteiger partial charge in [0.15, 0.2) is 0 Å². The van der Waals surface area contributed by atoms with E-state index in [2.05, 4.69) is 0 Å². The molecule has 4 aliphatic heterocycles. The molecule has 8 nitrogen and oxygen atoms in total. The van der Waals surface area contributed by atoms with Crippen molar-refractivity contribution in [3.8, 4) is 0 Å². The molecule has 46 heavy (non-hydrogen) atoms. The molecule has 3 aromatic rings. The van der Waals surface area contributed by atoms with Crippen LogP contribution in [0.4, 0.5) is 11.4 Å². The Labute approximate surface area is 269 Å². The van der Waals surface area contributed by atoms with Crippen molar-refractivity contribution in [2.24, 2.45) is 11.8 Å². The second kappa shape index (κ2) is 11.4. The first-order chi connectivity index (χ1) is 22.3. The summed E-state index contributed by atoms with van der Waals surface area (Å²) in [6.45, 7) is 6.12. The average Bonchev–Trinajstić information content (AvgIpc) is 3.36. The predicted molar refractivity (Wildman–Crippen MR) is 176 cm³/mol. The number of carbonyl (C=O) groups excluding carboxylic acids is 3. The van der Waals surface area contributed by atoms with Gasteiger partial charge in [0, 0.05) is 24.5 Å². The lowest BCUT2D eigenvalue weighted by Crippen LogP contribution is -2.57. The maximum Gasteiger partial charge on any atom is 0.253 e. The summed E-state index contributed by atoms with van der Waals surface area (Å²) in [5, 5.41) is 10.9. The van der Waals surface area contributed by atoms with Crippen molar-refractivity contribution in [3.63, 3.8) is 0 Å². The molecule has 4 aliphatic rings. The molecule has 1 N–H and O–H groups in total. The molecule has 3 amide bonds. The highest BCUT2D eigenvalue weighted by Gasteiger charge is 2.76. The van der Waals surface area contributed by atoms with Gasteiger partial charge in [-0.15, -0.1) is 0 Å². The van der Waals surface area contributed by atoms with Gasteiger partial charge in [0.25, 0.3) is 5.91 Å². The van der Waals surface area contributed by atoms with Gasteiger partial charge in [0.2, 0.25) is 11.8 Å². The smallest absolute Gasteiger partial charge is 0.253 e. The predicted octanol–water partition coefficient (Wildman–Crippen LogP) is 4.90. The van der Waals surface area contributed by atoms with Gasteiger partial charge >= 0.3 is 0 Å². The quantitative estimate of drug-likeness (QED) is 0.398. The summed E-state index contributed by atoms with van der Waals surface area (Å²) in [7, 11) is 0. The number of benzene rings is 3. The average molecular weight is 618 g/mol. The van der Waals surface area contributed by atoms with E-state index in [1.54, 1.807) is 9.80 Å². The number of carbonyl (C=O) groups is 3.